The molecule has 0 aromatic carbocycles. The summed E-state index contributed by atoms with van der Waals surface area (Å²) in [7, 11) is 0. The van der Waals surface area contributed by atoms with E-state index in [0.29, 0.717) is 0 Å². The molecule has 0 aliphatic rings. The van der Waals surface area contributed by atoms with Gasteiger partial charge in [-0.05, 0) is 67.9 Å². The first-order chi connectivity index (χ1) is 11.1. The van der Waals surface area contributed by atoms with Gasteiger partial charge in [0.2, 0.25) is 0 Å². The quantitative estimate of drug-likeness (QED) is 0.420. The number of quaternary nitrogens is 2. The lowest BCUT2D eigenvalue weighted by Gasteiger charge is -2.34. The van der Waals surface area contributed by atoms with Crippen LogP contribution in [0.4, 0.5) is 0 Å². The van der Waals surface area contributed by atoms with Crippen LogP contribution < -0.4 is 17.5 Å². The molecule has 0 fully saturated rings. The first kappa shape index (κ1) is 32.1. The lowest BCUT2D eigenvalue weighted by molar-refractivity contribution is -0.921. The maximum atomic E-state index is 9.49. The van der Waals surface area contributed by atoms with E-state index in [4.69, 9.17) is 0 Å². The average Bonchev–Trinajstić information content (AvgIpc) is 2.61. The smallest absolute Gasteiger partial charge is 0.0757 e. The number of carboxylic acids is 1. The van der Waals surface area contributed by atoms with E-state index in [1.165, 1.54) is 68.2 Å². The highest BCUT2D eigenvalue weighted by Crippen LogP contribution is 2.03. The molecule has 0 saturated carbocycles. The highest BCUT2D eigenvalue weighted by Gasteiger charge is 2.16. The summed E-state index contributed by atoms with van der Waals surface area (Å²) in [5, 5.41) is 9.49. The van der Waals surface area contributed by atoms with Crippen molar-refractivity contribution in [3.05, 3.63) is 12.2 Å². The normalized spacial score (nSPS) is 10.4. The number of nitrogens with zero attached hydrogens (tertiary/aromatic N) is 2. The number of carboxylic acid groups (broad SMARTS) is 1. The first-order valence-electron chi connectivity index (χ1n) is 9.70. The molecule has 5 heteroatoms. The Morgan fingerprint density at radius 1 is 0.680 bits per heavy atom. The molecule has 0 rings (SSSR count). The van der Waals surface area contributed by atoms with E-state index >= 15 is 0 Å². The van der Waals surface area contributed by atoms with E-state index in [-0.39, 0.29) is 18.0 Å². The van der Waals surface area contributed by atoms with E-state index < -0.39 is 5.97 Å². The van der Waals surface area contributed by atoms with Crippen LogP contribution in [-0.4, -0.2) is 67.3 Å². The van der Waals surface area contributed by atoms with Crippen molar-refractivity contribution >= 4 is 5.97 Å². The summed E-state index contributed by atoms with van der Waals surface area (Å²) in [5.74, 6) is -1.19. The van der Waals surface area contributed by atoms with Gasteiger partial charge >= 0.3 is 0 Å². The molecule has 0 spiro atoms. The van der Waals surface area contributed by atoms with Crippen molar-refractivity contribution in [2.45, 2.75) is 62.3 Å². The van der Waals surface area contributed by atoms with Crippen LogP contribution in [0.15, 0.2) is 12.2 Å². The average molecular weight is 381 g/mol. The van der Waals surface area contributed by atoms with Crippen LogP contribution in [0.2, 0.25) is 0 Å². The van der Waals surface area contributed by atoms with Crippen molar-refractivity contribution in [3.63, 3.8) is 0 Å². The van der Waals surface area contributed by atoms with Crippen molar-refractivity contribution in [2.24, 2.45) is 0 Å². The first-order valence-corrected chi connectivity index (χ1v) is 9.70. The van der Waals surface area contributed by atoms with Gasteiger partial charge in [-0.15, -0.1) is 0 Å². The topological polar surface area (TPSA) is 40.1 Å². The molecule has 0 aromatic rings. The highest BCUT2D eigenvalue weighted by atomic mass is 35.5. The third-order valence-electron chi connectivity index (χ3n) is 5.72. The minimum atomic E-state index is -1.19. The molecule has 25 heavy (non-hydrogen) atoms. The largest absolute Gasteiger partial charge is 1.00 e. The molecule has 0 heterocycles. The Bertz CT molecular complexity index is 259. The fraction of sp³-hybridized carbons (Fsp3) is 0.850. The summed E-state index contributed by atoms with van der Waals surface area (Å²) in [4.78, 5) is 9.49. The van der Waals surface area contributed by atoms with Crippen molar-refractivity contribution in [1.82, 2.24) is 0 Å². The Morgan fingerprint density at radius 3 is 0.800 bits per heavy atom. The van der Waals surface area contributed by atoms with Gasteiger partial charge < -0.3 is 31.3 Å². The minimum absolute atomic E-state index is 0. The van der Waals surface area contributed by atoms with Gasteiger partial charge in [0.05, 0.1) is 58.3 Å². The van der Waals surface area contributed by atoms with E-state index in [9.17, 15) is 9.90 Å². The van der Waals surface area contributed by atoms with Crippen molar-refractivity contribution in [2.75, 3.05) is 52.4 Å². The molecule has 0 aliphatic heterocycles. The molecule has 0 unspecified atom stereocenters. The standard InChI is InChI=1S/2C8H20N.C4H6O2.ClH/c2*1-5-9(6-2,7-3)8-4;1-3(2)4(5)6;/h2*5-8H2,1-4H3;1H2,2H3,(H,5,6);1H/q2*+1;;/p-2. The lowest BCUT2D eigenvalue weighted by atomic mass is 10.3. The molecule has 0 N–H and O–H groups in total. The molecule has 154 valence electrons. The summed E-state index contributed by atoms with van der Waals surface area (Å²) in [5.41, 5.74) is 0.0648. The molecular weight excluding hydrogens is 336 g/mol. The summed E-state index contributed by atoms with van der Waals surface area (Å²) in [6.45, 7) is 32.9. The van der Waals surface area contributed by atoms with Crippen LogP contribution in [0.5, 0.6) is 0 Å². The van der Waals surface area contributed by atoms with Gasteiger partial charge in [-0.2, -0.15) is 0 Å². The fourth-order valence-corrected chi connectivity index (χ4v) is 2.68. The molecule has 4 nitrogen and oxygen atoms in total. The second kappa shape index (κ2) is 18.2. The highest BCUT2D eigenvalue weighted by molar-refractivity contribution is 5.82. The SMILES string of the molecule is C=C(C)C(=O)[O-].CC[N+](CC)(CC)CC.CC[N+](CC)(CC)CC.[Cl-]. The molecule has 0 bridgehead atoms. The van der Waals surface area contributed by atoms with Gasteiger partial charge in [0.25, 0.3) is 0 Å². The van der Waals surface area contributed by atoms with Crippen LogP contribution in [0.25, 0.3) is 0 Å². The third-order valence-corrected chi connectivity index (χ3v) is 5.72. The Balaban J connectivity index is -0.000000133. The van der Waals surface area contributed by atoms with Crippen molar-refractivity contribution in [3.8, 4) is 0 Å². The van der Waals surface area contributed by atoms with Gasteiger partial charge in [0, 0.05) is 0 Å². The zero-order chi connectivity index (χ0) is 19.8. The Kier molecular flexibility index (Phi) is 23.4. The Labute approximate surface area is 164 Å². The predicted octanol–water partition coefficient (Wildman–Crippen LogP) is 0.0820. The second-order valence-corrected chi connectivity index (χ2v) is 6.28. The van der Waals surface area contributed by atoms with E-state index in [2.05, 4.69) is 62.0 Å². The molecule has 0 aliphatic carbocycles. The predicted molar refractivity (Wildman–Crippen MR) is 105 cm³/mol. The molecule has 0 amide bonds. The Morgan fingerprint density at radius 2 is 0.800 bits per heavy atom. The summed E-state index contributed by atoms with van der Waals surface area (Å²) < 4.78 is 2.56. The number of aliphatic carboxylic acids is 1. The van der Waals surface area contributed by atoms with Gasteiger partial charge in [0.1, 0.15) is 0 Å². The van der Waals surface area contributed by atoms with Crippen molar-refractivity contribution < 1.29 is 31.3 Å². The Hall–Kier alpha value is -0.580. The fourth-order valence-electron chi connectivity index (χ4n) is 2.68. The van der Waals surface area contributed by atoms with Crippen LogP contribution in [0, 0.1) is 0 Å². The lowest BCUT2D eigenvalue weighted by Crippen LogP contribution is -3.00. The van der Waals surface area contributed by atoms with E-state index in [1.807, 2.05) is 0 Å². The maximum absolute atomic E-state index is 9.49. The van der Waals surface area contributed by atoms with Crippen LogP contribution in [0.3, 0.4) is 0 Å². The maximum Gasteiger partial charge on any atom is 0.0757 e. The van der Waals surface area contributed by atoms with Gasteiger partial charge in [0.15, 0.2) is 0 Å². The molecule has 0 aromatic heterocycles. The monoisotopic (exact) mass is 380 g/mol. The molecule has 0 atom stereocenters. The number of carbonyl (C=O) groups excluding carboxylic acids is 1. The number of rotatable bonds is 9. The zero-order valence-corrected chi connectivity index (χ0v) is 19.2. The third kappa shape index (κ3) is 14.3. The van der Waals surface area contributed by atoms with Crippen LogP contribution in [-0.2, 0) is 4.79 Å². The minimum Gasteiger partial charge on any atom is -1.00 e. The molecule has 0 saturated heterocycles. The summed E-state index contributed by atoms with van der Waals surface area (Å²) >= 11 is 0. The summed E-state index contributed by atoms with van der Waals surface area (Å²) in [6.07, 6.45) is 0. The molecule has 0 radical (unpaired) electrons. The number of carbonyl (C=O) groups is 1. The van der Waals surface area contributed by atoms with Crippen molar-refractivity contribution in [1.29, 1.82) is 0 Å². The number of hydrogen-bond donors (Lipinski definition) is 0. The zero-order valence-electron chi connectivity index (χ0n) is 18.5. The van der Waals surface area contributed by atoms with Gasteiger partial charge in [-0.25, -0.2) is 0 Å². The number of hydrogen-bond acceptors (Lipinski definition) is 2. The molecular formula is C20H45ClN2O2. The van der Waals surface area contributed by atoms with Crippen LogP contribution >= 0.6 is 0 Å². The second-order valence-electron chi connectivity index (χ2n) is 6.28. The van der Waals surface area contributed by atoms with E-state index in [0.717, 1.165) is 0 Å². The number of halogens is 1. The van der Waals surface area contributed by atoms with Crippen LogP contribution in [0.1, 0.15) is 62.3 Å². The van der Waals surface area contributed by atoms with Gasteiger partial charge in [-0.3, -0.25) is 0 Å². The summed E-state index contributed by atoms with van der Waals surface area (Å²) in [6, 6.07) is 0. The van der Waals surface area contributed by atoms with Gasteiger partial charge in [-0.1, -0.05) is 6.58 Å². The van der Waals surface area contributed by atoms with E-state index in [1.54, 1.807) is 0 Å².